The summed E-state index contributed by atoms with van der Waals surface area (Å²) in [7, 11) is 0. The Morgan fingerprint density at radius 1 is 1.36 bits per heavy atom. The standard InChI is InChI=1S/C14H11N3O3S2/c18-14(10-4-3-5-11(8-10)17(19)20)9-22-13(21)16(14)12-6-1-2-7-15-12/h1-8,18H,9H2. The Kier molecular flexibility index (Phi) is 3.81. The van der Waals surface area contributed by atoms with E-state index in [1.54, 1.807) is 36.5 Å². The molecule has 2 heterocycles. The highest BCUT2D eigenvalue weighted by Gasteiger charge is 2.46. The number of hydrogen-bond acceptors (Lipinski definition) is 6. The van der Waals surface area contributed by atoms with Crippen LogP contribution in [0.15, 0.2) is 48.7 Å². The van der Waals surface area contributed by atoms with Gasteiger partial charge in [-0.05, 0) is 12.1 Å². The number of aromatic nitrogens is 1. The maximum atomic E-state index is 11.1. The molecule has 0 radical (unpaired) electrons. The van der Waals surface area contributed by atoms with Crippen LogP contribution in [0.4, 0.5) is 11.5 Å². The van der Waals surface area contributed by atoms with Crippen molar-refractivity contribution in [3.8, 4) is 0 Å². The topological polar surface area (TPSA) is 79.5 Å². The van der Waals surface area contributed by atoms with Crippen LogP contribution in [0, 0.1) is 10.1 Å². The number of nitrogens with zero attached hydrogens (tertiary/aromatic N) is 3. The second kappa shape index (κ2) is 5.64. The molecule has 1 aromatic heterocycles. The fraction of sp³-hybridized carbons (Fsp3) is 0.143. The van der Waals surface area contributed by atoms with E-state index in [0.29, 0.717) is 15.7 Å². The maximum Gasteiger partial charge on any atom is 0.269 e. The zero-order valence-corrected chi connectivity index (χ0v) is 12.9. The van der Waals surface area contributed by atoms with E-state index in [0.717, 1.165) is 0 Å². The van der Waals surface area contributed by atoms with Crippen LogP contribution in [0.2, 0.25) is 0 Å². The third-order valence-corrected chi connectivity index (χ3v) is 4.86. The van der Waals surface area contributed by atoms with Crippen LogP contribution < -0.4 is 4.90 Å². The molecular weight excluding hydrogens is 322 g/mol. The highest BCUT2D eigenvalue weighted by Crippen LogP contribution is 2.42. The quantitative estimate of drug-likeness (QED) is 0.525. The van der Waals surface area contributed by atoms with Crippen molar-refractivity contribution in [1.82, 2.24) is 4.98 Å². The molecule has 112 valence electrons. The Hall–Kier alpha value is -2.03. The lowest BCUT2D eigenvalue weighted by molar-refractivity contribution is -0.385. The lowest BCUT2D eigenvalue weighted by Crippen LogP contribution is -2.45. The molecule has 1 atom stereocenters. The van der Waals surface area contributed by atoms with Gasteiger partial charge in [0, 0.05) is 23.9 Å². The van der Waals surface area contributed by atoms with Crippen molar-refractivity contribution in [2.45, 2.75) is 5.72 Å². The van der Waals surface area contributed by atoms with E-state index in [9.17, 15) is 15.2 Å². The van der Waals surface area contributed by atoms with Crippen molar-refractivity contribution in [2.24, 2.45) is 0 Å². The van der Waals surface area contributed by atoms with E-state index in [-0.39, 0.29) is 11.4 Å². The Labute approximate surface area is 135 Å². The highest BCUT2D eigenvalue weighted by atomic mass is 32.2. The molecule has 1 unspecified atom stereocenters. The molecule has 0 aliphatic carbocycles. The minimum Gasteiger partial charge on any atom is -0.366 e. The summed E-state index contributed by atoms with van der Waals surface area (Å²) in [6.07, 6.45) is 1.61. The predicted octanol–water partition coefficient (Wildman–Crippen LogP) is 2.67. The Morgan fingerprint density at radius 3 is 2.86 bits per heavy atom. The van der Waals surface area contributed by atoms with Crippen molar-refractivity contribution in [2.75, 3.05) is 10.7 Å². The van der Waals surface area contributed by atoms with Crippen molar-refractivity contribution < 1.29 is 10.0 Å². The fourth-order valence-electron chi connectivity index (χ4n) is 2.29. The summed E-state index contributed by atoms with van der Waals surface area (Å²) in [6, 6.07) is 11.2. The number of benzene rings is 1. The van der Waals surface area contributed by atoms with Crippen molar-refractivity contribution in [3.05, 3.63) is 64.3 Å². The molecule has 1 aromatic carbocycles. The SMILES string of the molecule is O=[N+]([O-])c1cccc(C2(O)CSC(=S)N2c2ccccn2)c1. The van der Waals surface area contributed by atoms with Gasteiger partial charge in [-0.2, -0.15) is 0 Å². The summed E-state index contributed by atoms with van der Waals surface area (Å²) in [5, 5.41) is 22.1. The fourth-order valence-corrected chi connectivity index (χ4v) is 3.71. The lowest BCUT2D eigenvalue weighted by Gasteiger charge is -2.33. The minimum atomic E-state index is -1.46. The molecule has 1 aliphatic rings. The van der Waals surface area contributed by atoms with E-state index < -0.39 is 10.6 Å². The summed E-state index contributed by atoms with van der Waals surface area (Å²) in [5.41, 5.74) is -1.11. The Balaban J connectivity index is 2.09. The number of rotatable bonds is 3. The molecule has 0 spiro atoms. The molecule has 22 heavy (non-hydrogen) atoms. The summed E-state index contributed by atoms with van der Waals surface area (Å²) in [6.45, 7) is 0. The Morgan fingerprint density at radius 2 is 2.18 bits per heavy atom. The molecule has 0 amide bonds. The monoisotopic (exact) mass is 333 g/mol. The molecule has 1 N–H and O–H groups in total. The first-order valence-electron chi connectivity index (χ1n) is 6.38. The van der Waals surface area contributed by atoms with Gasteiger partial charge in [-0.1, -0.05) is 42.2 Å². The second-order valence-electron chi connectivity index (χ2n) is 4.70. The molecule has 8 heteroatoms. The number of non-ortho nitro benzene ring substituents is 1. The molecule has 1 aliphatic heterocycles. The van der Waals surface area contributed by atoms with Crippen molar-refractivity contribution in [1.29, 1.82) is 0 Å². The van der Waals surface area contributed by atoms with Gasteiger partial charge in [0.05, 0.1) is 10.7 Å². The van der Waals surface area contributed by atoms with Crippen molar-refractivity contribution in [3.63, 3.8) is 0 Å². The summed E-state index contributed by atoms with van der Waals surface area (Å²) < 4.78 is 0.479. The van der Waals surface area contributed by atoms with Crippen LogP contribution in [-0.4, -0.2) is 25.1 Å². The maximum absolute atomic E-state index is 11.1. The van der Waals surface area contributed by atoms with Gasteiger partial charge < -0.3 is 5.11 Å². The molecule has 0 saturated carbocycles. The average molecular weight is 333 g/mol. The largest absolute Gasteiger partial charge is 0.366 e. The van der Waals surface area contributed by atoms with Gasteiger partial charge >= 0.3 is 0 Å². The number of anilines is 1. The number of aliphatic hydroxyl groups is 1. The first kappa shape index (κ1) is 14.9. The zero-order valence-electron chi connectivity index (χ0n) is 11.2. The minimum absolute atomic E-state index is 0.0743. The number of hydrogen-bond donors (Lipinski definition) is 1. The number of nitro groups is 1. The highest BCUT2D eigenvalue weighted by molar-refractivity contribution is 8.23. The predicted molar refractivity (Wildman–Crippen MR) is 88.8 cm³/mol. The third-order valence-electron chi connectivity index (χ3n) is 3.35. The second-order valence-corrected chi connectivity index (χ2v) is 6.31. The number of thiocarbonyl (C=S) groups is 1. The first-order chi connectivity index (χ1) is 10.5. The van der Waals surface area contributed by atoms with E-state index in [1.807, 2.05) is 0 Å². The van der Waals surface area contributed by atoms with Gasteiger partial charge in [0.25, 0.3) is 5.69 Å². The van der Waals surface area contributed by atoms with E-state index >= 15 is 0 Å². The molecule has 3 rings (SSSR count). The van der Waals surface area contributed by atoms with E-state index in [2.05, 4.69) is 4.98 Å². The van der Waals surface area contributed by atoms with Gasteiger partial charge in [0.15, 0.2) is 5.72 Å². The van der Waals surface area contributed by atoms with Crippen LogP contribution in [0.25, 0.3) is 0 Å². The van der Waals surface area contributed by atoms with Crippen LogP contribution in [-0.2, 0) is 5.72 Å². The van der Waals surface area contributed by atoms with E-state index in [4.69, 9.17) is 12.2 Å². The molecule has 6 nitrogen and oxygen atoms in total. The smallest absolute Gasteiger partial charge is 0.269 e. The third kappa shape index (κ3) is 2.45. The molecular formula is C14H11N3O3S2. The molecule has 2 aromatic rings. The molecule has 1 fully saturated rings. The normalized spacial score (nSPS) is 21.1. The first-order valence-corrected chi connectivity index (χ1v) is 7.77. The van der Waals surface area contributed by atoms with Gasteiger partial charge in [-0.15, -0.1) is 0 Å². The van der Waals surface area contributed by atoms with Crippen LogP contribution in [0.1, 0.15) is 5.56 Å². The van der Waals surface area contributed by atoms with Crippen LogP contribution >= 0.6 is 24.0 Å². The van der Waals surface area contributed by atoms with Crippen LogP contribution in [0.3, 0.4) is 0 Å². The van der Waals surface area contributed by atoms with Gasteiger partial charge in [0.2, 0.25) is 0 Å². The summed E-state index contributed by atoms with van der Waals surface area (Å²) in [4.78, 5) is 16.2. The number of pyridine rings is 1. The number of nitro benzene ring substituents is 1. The van der Waals surface area contributed by atoms with Crippen LogP contribution in [0.5, 0.6) is 0 Å². The molecule has 1 saturated heterocycles. The number of thioether (sulfide) groups is 1. The summed E-state index contributed by atoms with van der Waals surface area (Å²) >= 11 is 6.62. The van der Waals surface area contributed by atoms with Gasteiger partial charge in [0.1, 0.15) is 10.1 Å². The van der Waals surface area contributed by atoms with Gasteiger partial charge in [-0.3, -0.25) is 15.0 Å². The van der Waals surface area contributed by atoms with Gasteiger partial charge in [-0.25, -0.2) is 4.98 Å². The summed E-state index contributed by atoms with van der Waals surface area (Å²) in [5.74, 6) is 0.787. The Bertz CT molecular complexity index is 741. The lowest BCUT2D eigenvalue weighted by atomic mass is 10.0. The van der Waals surface area contributed by atoms with E-state index in [1.165, 1.54) is 28.8 Å². The molecule has 0 bridgehead atoms. The van der Waals surface area contributed by atoms with Crippen molar-refractivity contribution >= 4 is 39.8 Å². The average Bonchev–Trinajstić information content (AvgIpc) is 2.85. The zero-order chi connectivity index (χ0) is 15.7.